The SMILES string of the molecule is CCCCCC1C=CC(CCCCC2CCC(c3cc(Cc4ccc(O)cc4)c[nH]3)C3CC(Cc4ccnc(N)c4)CC3(O)CCC(O)C2C(=O)O)C(O)C1. The van der Waals surface area contributed by atoms with E-state index in [1.54, 1.807) is 18.3 Å². The molecule has 3 aliphatic carbocycles. The zero-order chi connectivity index (χ0) is 39.0. The number of nitrogen functional groups attached to an aromatic ring is 1. The van der Waals surface area contributed by atoms with Crippen LogP contribution in [0.4, 0.5) is 5.82 Å². The van der Waals surface area contributed by atoms with Gasteiger partial charge in [0.2, 0.25) is 0 Å². The number of rotatable bonds is 15. The van der Waals surface area contributed by atoms with Crippen LogP contribution in [0.3, 0.4) is 0 Å². The Morgan fingerprint density at radius 1 is 0.909 bits per heavy atom. The summed E-state index contributed by atoms with van der Waals surface area (Å²) in [6.45, 7) is 2.21. The number of aliphatic hydroxyl groups excluding tert-OH is 2. The number of anilines is 1. The smallest absolute Gasteiger partial charge is 0.309 e. The second-order valence-electron chi connectivity index (χ2n) is 17.4. The van der Waals surface area contributed by atoms with E-state index in [0.29, 0.717) is 50.3 Å². The Morgan fingerprint density at radius 3 is 2.44 bits per heavy atom. The lowest BCUT2D eigenvalue weighted by molar-refractivity contribution is -0.150. The Balaban J connectivity index is 1.19. The number of aliphatic carboxylic acids is 1. The highest BCUT2D eigenvalue weighted by Crippen LogP contribution is 2.53. The summed E-state index contributed by atoms with van der Waals surface area (Å²) < 4.78 is 0. The van der Waals surface area contributed by atoms with Crippen molar-refractivity contribution in [3.63, 3.8) is 0 Å². The molecule has 10 atom stereocenters. The van der Waals surface area contributed by atoms with Gasteiger partial charge in [-0.05, 0) is 148 Å². The average Bonchev–Trinajstić information content (AvgIpc) is 3.74. The molecule has 9 heteroatoms. The lowest BCUT2D eigenvalue weighted by Gasteiger charge is -2.39. The third-order valence-electron chi connectivity index (χ3n) is 13.4. The number of H-pyrrole nitrogens is 1. The maximum Gasteiger partial charge on any atom is 0.309 e. The molecular formula is C46H65N3O6. The van der Waals surface area contributed by atoms with Gasteiger partial charge in [0.25, 0.3) is 0 Å². The van der Waals surface area contributed by atoms with Crippen LogP contribution < -0.4 is 5.73 Å². The molecule has 9 nitrogen and oxygen atoms in total. The predicted molar refractivity (Wildman–Crippen MR) is 216 cm³/mol. The van der Waals surface area contributed by atoms with Gasteiger partial charge in [-0.25, -0.2) is 4.98 Å². The van der Waals surface area contributed by atoms with Gasteiger partial charge in [-0.15, -0.1) is 0 Å². The molecule has 0 bridgehead atoms. The van der Waals surface area contributed by atoms with Crippen molar-refractivity contribution in [3.05, 3.63) is 89.4 Å². The van der Waals surface area contributed by atoms with Crippen molar-refractivity contribution in [2.75, 3.05) is 5.73 Å². The van der Waals surface area contributed by atoms with E-state index in [1.165, 1.54) is 19.3 Å². The topological polar surface area (TPSA) is 173 Å². The van der Waals surface area contributed by atoms with E-state index in [2.05, 4.69) is 35.1 Å². The number of hydrogen-bond acceptors (Lipinski definition) is 7. The molecule has 2 fully saturated rings. The van der Waals surface area contributed by atoms with Crippen LogP contribution in [0.25, 0.3) is 0 Å². The van der Waals surface area contributed by atoms with Crippen LogP contribution in [-0.2, 0) is 17.6 Å². The summed E-state index contributed by atoms with van der Waals surface area (Å²) in [4.78, 5) is 20.7. The Hall–Kier alpha value is -3.66. The van der Waals surface area contributed by atoms with Gasteiger partial charge in [-0.1, -0.05) is 63.3 Å². The number of carboxylic acid groups (broad SMARTS) is 1. The molecular weight excluding hydrogens is 691 g/mol. The number of allylic oxidation sites excluding steroid dienone is 1. The van der Waals surface area contributed by atoms with Crippen molar-refractivity contribution in [3.8, 4) is 5.75 Å². The molecule has 0 amide bonds. The first kappa shape index (κ1) is 41.0. The van der Waals surface area contributed by atoms with Crippen molar-refractivity contribution >= 4 is 11.8 Å². The van der Waals surface area contributed by atoms with Crippen LogP contribution in [0.15, 0.2) is 67.0 Å². The molecule has 300 valence electrons. The van der Waals surface area contributed by atoms with Gasteiger partial charge in [-0.3, -0.25) is 4.79 Å². The molecule has 55 heavy (non-hydrogen) atoms. The van der Waals surface area contributed by atoms with Crippen LogP contribution in [0.5, 0.6) is 5.75 Å². The highest BCUT2D eigenvalue weighted by atomic mass is 16.4. The predicted octanol–water partition coefficient (Wildman–Crippen LogP) is 8.32. The van der Waals surface area contributed by atoms with Gasteiger partial charge in [0.15, 0.2) is 0 Å². The number of carbonyl (C=O) groups is 1. The summed E-state index contributed by atoms with van der Waals surface area (Å²) in [7, 11) is 0. The summed E-state index contributed by atoms with van der Waals surface area (Å²) in [6.07, 6.45) is 20.6. The number of aromatic nitrogens is 2. The fraction of sp³-hybridized carbons (Fsp3) is 0.609. The number of nitrogens with zero attached hydrogens (tertiary/aromatic N) is 1. The fourth-order valence-corrected chi connectivity index (χ4v) is 10.5. The van der Waals surface area contributed by atoms with Crippen LogP contribution >= 0.6 is 0 Å². The summed E-state index contributed by atoms with van der Waals surface area (Å²) in [6, 6.07) is 13.3. The Morgan fingerprint density at radius 2 is 1.69 bits per heavy atom. The van der Waals surface area contributed by atoms with Crippen LogP contribution in [0.1, 0.15) is 132 Å². The number of aliphatic hydroxyl groups is 3. The van der Waals surface area contributed by atoms with Gasteiger partial charge in [0.05, 0.1) is 23.7 Å². The first-order valence-corrected chi connectivity index (χ1v) is 21.2. The van der Waals surface area contributed by atoms with E-state index < -0.39 is 23.6 Å². The number of carboxylic acids is 1. The monoisotopic (exact) mass is 755 g/mol. The number of phenols is 1. The Bertz CT molecular complexity index is 1690. The summed E-state index contributed by atoms with van der Waals surface area (Å²) in [5.74, 6) is -0.672. The first-order valence-electron chi connectivity index (χ1n) is 21.2. The molecule has 1 aromatic carbocycles. The lowest BCUT2D eigenvalue weighted by atomic mass is 9.69. The summed E-state index contributed by atoms with van der Waals surface area (Å²) >= 11 is 0. The minimum atomic E-state index is -1.06. The zero-order valence-corrected chi connectivity index (χ0v) is 32.7. The van der Waals surface area contributed by atoms with Crippen molar-refractivity contribution in [1.29, 1.82) is 0 Å². The molecule has 10 unspecified atom stereocenters. The number of hydrogen-bond donors (Lipinski definition) is 7. The number of nitrogens with two attached hydrogens (primary N) is 1. The van der Waals surface area contributed by atoms with E-state index in [4.69, 9.17) is 5.73 Å². The molecule has 3 aliphatic rings. The normalized spacial score (nSPS) is 31.2. The molecule has 3 aromatic rings. The highest BCUT2D eigenvalue weighted by Gasteiger charge is 2.51. The molecule has 2 heterocycles. The number of aromatic amines is 1. The van der Waals surface area contributed by atoms with Crippen molar-refractivity contribution < 1.29 is 30.3 Å². The fourth-order valence-electron chi connectivity index (χ4n) is 10.5. The minimum Gasteiger partial charge on any atom is -0.508 e. The number of pyridine rings is 1. The lowest BCUT2D eigenvalue weighted by Crippen LogP contribution is -2.42. The largest absolute Gasteiger partial charge is 0.508 e. The highest BCUT2D eigenvalue weighted by molar-refractivity contribution is 5.71. The van der Waals surface area contributed by atoms with Gasteiger partial charge < -0.3 is 36.3 Å². The van der Waals surface area contributed by atoms with E-state index in [9.17, 15) is 30.3 Å². The number of unbranched alkanes of at least 4 members (excludes halogenated alkanes) is 3. The molecule has 2 saturated carbocycles. The van der Waals surface area contributed by atoms with Crippen molar-refractivity contribution in [1.82, 2.24) is 9.97 Å². The van der Waals surface area contributed by atoms with Gasteiger partial charge >= 0.3 is 5.97 Å². The van der Waals surface area contributed by atoms with E-state index >= 15 is 0 Å². The number of nitrogens with one attached hydrogen (secondary N) is 1. The molecule has 8 N–H and O–H groups in total. The summed E-state index contributed by atoms with van der Waals surface area (Å²) in [5.41, 5.74) is 9.32. The van der Waals surface area contributed by atoms with Crippen LogP contribution in [0.2, 0.25) is 0 Å². The number of phenolic OH excluding ortho intramolecular Hbond substituents is 1. The van der Waals surface area contributed by atoms with Gasteiger partial charge in [-0.2, -0.15) is 0 Å². The molecule has 0 spiro atoms. The second kappa shape index (κ2) is 19.0. The quantitative estimate of drug-likeness (QED) is 0.0599. The molecule has 6 rings (SSSR count). The Labute approximate surface area is 327 Å². The number of fused-ring (bicyclic) bond motifs is 1. The van der Waals surface area contributed by atoms with Gasteiger partial charge in [0.1, 0.15) is 11.6 Å². The molecule has 2 aromatic heterocycles. The Kier molecular flexibility index (Phi) is 14.1. The van der Waals surface area contributed by atoms with E-state index in [1.807, 2.05) is 30.5 Å². The van der Waals surface area contributed by atoms with Crippen molar-refractivity contribution in [2.24, 2.45) is 35.5 Å². The number of benzene rings is 1. The minimum absolute atomic E-state index is 0.0222. The van der Waals surface area contributed by atoms with Crippen LogP contribution in [-0.4, -0.2) is 59.3 Å². The standard InChI is InChI=1S/C46H65N3O6/c1-2-3-4-7-30-10-13-35(42(52)26-30)8-5-6-9-36-14-17-38(40-25-34(29-49-40)22-31-11-15-37(50)16-12-31)39-24-33(23-32-19-21-48-43(47)27-32)28-46(39,55)20-18-41(51)44(36)45(53)54/h10-13,15-16,19,21,25,27,29-30,33,35-36,38-39,41-42,44,49-52,55H,2-9,14,17-18,20,22-24,26,28H2,1H3,(H2,47,48)(H,53,54). The van der Waals surface area contributed by atoms with Gasteiger partial charge in [0, 0.05) is 29.9 Å². The van der Waals surface area contributed by atoms with E-state index in [0.717, 1.165) is 67.3 Å². The maximum atomic E-state index is 12.9. The van der Waals surface area contributed by atoms with Crippen molar-refractivity contribution in [2.45, 2.75) is 140 Å². The molecule has 0 saturated heterocycles. The summed E-state index contributed by atoms with van der Waals surface area (Å²) in [5, 5.41) is 55.5. The van der Waals surface area contributed by atoms with E-state index in [-0.39, 0.29) is 47.9 Å². The third-order valence-corrected chi connectivity index (χ3v) is 13.4. The van der Waals surface area contributed by atoms with Crippen LogP contribution in [0, 0.1) is 35.5 Å². The first-order chi connectivity index (χ1) is 26.5. The second-order valence-corrected chi connectivity index (χ2v) is 17.4. The molecule has 0 radical (unpaired) electrons. The zero-order valence-electron chi connectivity index (χ0n) is 32.7. The average molecular weight is 756 g/mol. The third kappa shape index (κ3) is 10.8. The molecule has 0 aliphatic heterocycles. The maximum absolute atomic E-state index is 12.9. The number of aromatic hydroxyl groups is 1.